The molecule has 2 N–H and O–H groups in total. The number of nitrogens with one attached hydrogen (secondary N) is 1. The van der Waals surface area contributed by atoms with E-state index in [1.807, 2.05) is 11.0 Å². The van der Waals surface area contributed by atoms with Crippen LogP contribution in [0.4, 0.5) is 4.79 Å². The zero-order chi connectivity index (χ0) is 15.7. The van der Waals surface area contributed by atoms with E-state index in [4.69, 9.17) is 0 Å². The quantitative estimate of drug-likeness (QED) is 0.882. The van der Waals surface area contributed by atoms with E-state index in [1.165, 1.54) is 11.1 Å². The summed E-state index contributed by atoms with van der Waals surface area (Å²) in [6.45, 7) is 5.95. The summed E-state index contributed by atoms with van der Waals surface area (Å²) in [6.07, 6.45) is 2.77. The molecule has 1 fully saturated rings. The minimum Gasteiger partial charge on any atom is -0.396 e. The molecule has 0 bridgehead atoms. The first-order valence-corrected chi connectivity index (χ1v) is 8.26. The summed E-state index contributed by atoms with van der Waals surface area (Å²) >= 11 is 0. The van der Waals surface area contributed by atoms with Gasteiger partial charge in [0.15, 0.2) is 0 Å². The number of fused-ring (bicyclic) bond motifs is 1. The van der Waals surface area contributed by atoms with E-state index in [2.05, 4.69) is 37.4 Å². The number of hydrogen-bond acceptors (Lipinski definition) is 2. The zero-order valence-corrected chi connectivity index (χ0v) is 13.5. The van der Waals surface area contributed by atoms with Gasteiger partial charge in [-0.25, -0.2) is 4.79 Å². The van der Waals surface area contributed by atoms with Crippen LogP contribution in [0.25, 0.3) is 0 Å². The molecule has 1 saturated heterocycles. The Hall–Kier alpha value is -1.55. The molecule has 2 atom stereocenters. The number of aliphatic hydroxyl groups is 1. The van der Waals surface area contributed by atoms with E-state index in [9.17, 15) is 9.90 Å². The molecule has 1 aliphatic carbocycles. The van der Waals surface area contributed by atoms with Crippen LogP contribution in [-0.4, -0.2) is 35.7 Å². The molecule has 0 aromatic heterocycles. The molecule has 4 nitrogen and oxygen atoms in total. The predicted octanol–water partition coefficient (Wildman–Crippen LogP) is 2.72. The van der Waals surface area contributed by atoms with Crippen molar-refractivity contribution in [3.8, 4) is 0 Å². The lowest BCUT2D eigenvalue weighted by molar-refractivity contribution is 0.0690. The van der Waals surface area contributed by atoms with Crippen molar-refractivity contribution in [3.05, 3.63) is 35.4 Å². The molecule has 0 spiro atoms. The van der Waals surface area contributed by atoms with Crippen molar-refractivity contribution >= 4 is 6.03 Å². The lowest BCUT2D eigenvalue weighted by Crippen LogP contribution is -2.48. The summed E-state index contributed by atoms with van der Waals surface area (Å²) in [6, 6.07) is 8.55. The van der Waals surface area contributed by atoms with Crippen molar-refractivity contribution in [1.29, 1.82) is 0 Å². The third kappa shape index (κ3) is 2.84. The van der Waals surface area contributed by atoms with Gasteiger partial charge in [0.05, 0.1) is 6.04 Å². The molecule has 1 aromatic carbocycles. The van der Waals surface area contributed by atoms with Gasteiger partial charge in [-0.15, -0.1) is 0 Å². The lowest BCUT2D eigenvalue weighted by atomic mass is 9.81. The first-order valence-electron chi connectivity index (χ1n) is 8.26. The summed E-state index contributed by atoms with van der Waals surface area (Å²) in [4.78, 5) is 14.5. The van der Waals surface area contributed by atoms with Crippen molar-refractivity contribution in [1.82, 2.24) is 10.2 Å². The maximum absolute atomic E-state index is 12.6. The highest BCUT2D eigenvalue weighted by atomic mass is 16.3. The number of nitrogens with zero attached hydrogens (tertiary/aromatic N) is 1. The predicted molar refractivity (Wildman–Crippen MR) is 86.6 cm³/mol. The molecule has 2 aliphatic rings. The van der Waals surface area contributed by atoms with Crippen LogP contribution in [0.1, 0.15) is 43.9 Å². The summed E-state index contributed by atoms with van der Waals surface area (Å²) in [5.41, 5.74) is 2.59. The molecule has 1 heterocycles. The van der Waals surface area contributed by atoms with Crippen molar-refractivity contribution in [3.63, 3.8) is 0 Å². The third-order valence-electron chi connectivity index (χ3n) is 5.42. The van der Waals surface area contributed by atoms with Gasteiger partial charge < -0.3 is 15.3 Å². The number of aliphatic hydroxyl groups excluding tert-OH is 1. The van der Waals surface area contributed by atoms with E-state index < -0.39 is 0 Å². The standard InChI is InChI=1S/C18H26N2O2/c1-13-11-14-5-3-4-6-15(14)16(13)19-17(22)20-9-7-18(2,12-21)8-10-20/h3-6,13,16,21H,7-12H2,1-2H3,(H,19,22)/t13-,16+/m0/s1. The number of carbonyl (C=O) groups excluding carboxylic acids is 1. The Balaban J connectivity index is 1.63. The first-order chi connectivity index (χ1) is 10.5. The van der Waals surface area contributed by atoms with Gasteiger partial charge in [-0.2, -0.15) is 0 Å². The van der Waals surface area contributed by atoms with Crippen LogP contribution in [0.3, 0.4) is 0 Å². The monoisotopic (exact) mass is 302 g/mol. The van der Waals surface area contributed by atoms with Gasteiger partial charge in [-0.3, -0.25) is 0 Å². The second kappa shape index (κ2) is 5.92. The zero-order valence-electron chi connectivity index (χ0n) is 13.5. The molecular formula is C18H26N2O2. The molecule has 0 radical (unpaired) electrons. The molecule has 1 aromatic rings. The summed E-state index contributed by atoms with van der Waals surface area (Å²) < 4.78 is 0. The fraction of sp³-hybridized carbons (Fsp3) is 0.611. The Morgan fingerprint density at radius 3 is 2.73 bits per heavy atom. The largest absolute Gasteiger partial charge is 0.396 e. The van der Waals surface area contributed by atoms with E-state index in [0.29, 0.717) is 5.92 Å². The molecule has 0 saturated carbocycles. The fourth-order valence-electron chi connectivity index (χ4n) is 3.65. The average molecular weight is 302 g/mol. The van der Waals surface area contributed by atoms with Crippen LogP contribution in [0, 0.1) is 11.3 Å². The maximum Gasteiger partial charge on any atom is 0.317 e. The number of rotatable bonds is 2. The summed E-state index contributed by atoms with van der Waals surface area (Å²) in [5.74, 6) is 0.439. The first kappa shape index (κ1) is 15.3. The number of urea groups is 1. The molecule has 4 heteroatoms. The highest BCUT2D eigenvalue weighted by Crippen LogP contribution is 2.36. The van der Waals surface area contributed by atoms with E-state index >= 15 is 0 Å². The number of benzene rings is 1. The average Bonchev–Trinajstić information content (AvgIpc) is 2.84. The number of likely N-dealkylation sites (tertiary alicyclic amines) is 1. The maximum atomic E-state index is 12.6. The van der Waals surface area contributed by atoms with Gasteiger partial charge in [-0.05, 0) is 41.7 Å². The van der Waals surface area contributed by atoms with Crippen molar-refractivity contribution in [2.45, 2.75) is 39.2 Å². The molecular weight excluding hydrogens is 276 g/mol. The lowest BCUT2D eigenvalue weighted by Gasteiger charge is -2.38. The van der Waals surface area contributed by atoms with Crippen LogP contribution < -0.4 is 5.32 Å². The second-order valence-electron chi connectivity index (χ2n) is 7.26. The molecule has 2 amide bonds. The van der Waals surface area contributed by atoms with Gasteiger partial charge >= 0.3 is 6.03 Å². The highest BCUT2D eigenvalue weighted by molar-refractivity contribution is 5.75. The normalized spacial score (nSPS) is 26.6. The summed E-state index contributed by atoms with van der Waals surface area (Å²) in [5, 5.41) is 12.7. The topological polar surface area (TPSA) is 52.6 Å². The molecule has 22 heavy (non-hydrogen) atoms. The molecule has 0 unspecified atom stereocenters. The van der Waals surface area contributed by atoms with E-state index in [1.54, 1.807) is 0 Å². The van der Waals surface area contributed by atoms with Crippen LogP contribution in [0.2, 0.25) is 0 Å². The van der Waals surface area contributed by atoms with Crippen molar-refractivity contribution < 1.29 is 9.90 Å². The van der Waals surface area contributed by atoms with Gasteiger partial charge in [0.2, 0.25) is 0 Å². The molecule has 1 aliphatic heterocycles. The van der Waals surface area contributed by atoms with Gasteiger partial charge in [-0.1, -0.05) is 38.1 Å². The smallest absolute Gasteiger partial charge is 0.317 e. The number of hydrogen-bond donors (Lipinski definition) is 2. The summed E-state index contributed by atoms with van der Waals surface area (Å²) in [7, 11) is 0. The SMILES string of the molecule is C[C@H]1Cc2ccccc2[C@@H]1NC(=O)N1CCC(C)(CO)CC1. The van der Waals surface area contributed by atoms with Gasteiger partial charge in [0, 0.05) is 19.7 Å². The molecule has 120 valence electrons. The van der Waals surface area contributed by atoms with Crippen LogP contribution in [0.15, 0.2) is 24.3 Å². The Kier molecular flexibility index (Phi) is 4.13. The Morgan fingerprint density at radius 2 is 2.05 bits per heavy atom. The molecule has 3 rings (SSSR count). The number of amides is 2. The number of piperidine rings is 1. The van der Waals surface area contributed by atoms with Crippen LogP contribution in [-0.2, 0) is 6.42 Å². The Morgan fingerprint density at radius 1 is 1.36 bits per heavy atom. The van der Waals surface area contributed by atoms with E-state index in [0.717, 1.165) is 32.4 Å². The van der Waals surface area contributed by atoms with Gasteiger partial charge in [0.1, 0.15) is 0 Å². The van der Waals surface area contributed by atoms with Crippen molar-refractivity contribution in [2.24, 2.45) is 11.3 Å². The Bertz CT molecular complexity index is 550. The van der Waals surface area contributed by atoms with Crippen LogP contribution >= 0.6 is 0 Å². The van der Waals surface area contributed by atoms with Gasteiger partial charge in [0.25, 0.3) is 0 Å². The van der Waals surface area contributed by atoms with E-state index in [-0.39, 0.29) is 24.1 Å². The highest BCUT2D eigenvalue weighted by Gasteiger charge is 2.34. The Labute approximate surface area is 132 Å². The number of carbonyl (C=O) groups is 1. The fourth-order valence-corrected chi connectivity index (χ4v) is 3.65. The third-order valence-corrected chi connectivity index (χ3v) is 5.42. The van der Waals surface area contributed by atoms with Crippen LogP contribution in [0.5, 0.6) is 0 Å². The second-order valence-corrected chi connectivity index (χ2v) is 7.26. The minimum atomic E-state index is -0.0238. The van der Waals surface area contributed by atoms with Crippen molar-refractivity contribution in [2.75, 3.05) is 19.7 Å². The minimum absolute atomic E-state index is 0.0238.